The second kappa shape index (κ2) is 7.27. The molecule has 132 valence electrons. The number of rotatable bonds is 6. The van der Waals surface area contributed by atoms with Gasteiger partial charge in [-0.1, -0.05) is 41.7 Å². The quantitative estimate of drug-likeness (QED) is 0.544. The molecule has 0 fully saturated rings. The van der Waals surface area contributed by atoms with E-state index in [2.05, 4.69) is 51.0 Å². The molecular formula is C20H20N4OS. The Kier molecular flexibility index (Phi) is 4.69. The monoisotopic (exact) mass is 364 g/mol. The average Bonchev–Trinajstić information content (AvgIpc) is 3.31. The number of fused-ring (bicyclic) bond motifs is 1. The van der Waals surface area contributed by atoms with E-state index in [1.807, 2.05) is 36.8 Å². The number of anilines is 1. The van der Waals surface area contributed by atoms with Crippen molar-refractivity contribution >= 4 is 22.1 Å². The second-order valence-corrected chi connectivity index (χ2v) is 7.23. The van der Waals surface area contributed by atoms with Crippen LogP contribution in [0.2, 0.25) is 0 Å². The number of nitrogens with one attached hydrogen (secondary N) is 1. The van der Waals surface area contributed by atoms with E-state index in [-0.39, 0.29) is 6.04 Å². The number of nitrogens with zero attached hydrogens (tertiary/aromatic N) is 3. The lowest BCUT2D eigenvalue weighted by atomic mass is 10.0. The van der Waals surface area contributed by atoms with Gasteiger partial charge in [0, 0.05) is 49.1 Å². The molecule has 3 aromatic heterocycles. The van der Waals surface area contributed by atoms with Crippen molar-refractivity contribution in [2.45, 2.75) is 13.0 Å². The summed E-state index contributed by atoms with van der Waals surface area (Å²) in [7, 11) is 1.71. The Hall–Kier alpha value is -2.70. The van der Waals surface area contributed by atoms with Crippen LogP contribution in [0.25, 0.3) is 27.2 Å². The second-order valence-electron chi connectivity index (χ2n) is 6.20. The molecule has 4 aromatic rings. The third kappa shape index (κ3) is 3.34. The van der Waals surface area contributed by atoms with E-state index in [0.717, 1.165) is 32.3 Å². The Morgan fingerprint density at radius 2 is 2.04 bits per heavy atom. The summed E-state index contributed by atoms with van der Waals surface area (Å²) >= 11 is 1.64. The van der Waals surface area contributed by atoms with Crippen LogP contribution in [0.4, 0.5) is 5.13 Å². The summed E-state index contributed by atoms with van der Waals surface area (Å²) in [5, 5.41) is 4.27. The molecule has 0 bridgehead atoms. The number of thiazole rings is 1. The maximum atomic E-state index is 5.18. The Morgan fingerprint density at radius 3 is 2.85 bits per heavy atom. The lowest BCUT2D eigenvalue weighted by molar-refractivity contribution is 0.190. The molecule has 0 aliphatic heterocycles. The lowest BCUT2D eigenvalue weighted by Gasteiger charge is -2.10. The molecule has 3 heterocycles. The Labute approximate surface area is 156 Å². The van der Waals surface area contributed by atoms with Crippen LogP contribution >= 0.6 is 11.3 Å². The van der Waals surface area contributed by atoms with Crippen LogP contribution < -0.4 is 5.32 Å². The summed E-state index contributed by atoms with van der Waals surface area (Å²) in [6.07, 6.45) is 7.83. The fraction of sp³-hybridized carbons (Fsp3) is 0.200. The number of methoxy groups -OCH3 is 1. The Balaban J connectivity index is 1.73. The number of benzene rings is 1. The third-order valence-corrected chi connectivity index (χ3v) is 5.13. The zero-order valence-electron chi connectivity index (χ0n) is 14.7. The highest BCUT2D eigenvalue weighted by molar-refractivity contribution is 7.18. The minimum atomic E-state index is 0.218. The standard InChI is InChI=1S/C20H20N4OS/c1-14(13-25-2)23-20-22-11-18(26-20)16-10-17(15-6-4-3-5-7-15)19-21-8-9-24(19)12-16/h3-12,14H,13H2,1-2H3,(H,22,23). The molecule has 1 aromatic carbocycles. The molecule has 0 saturated carbocycles. The normalized spacial score (nSPS) is 12.4. The summed E-state index contributed by atoms with van der Waals surface area (Å²) in [4.78, 5) is 10.1. The molecule has 1 N–H and O–H groups in total. The van der Waals surface area contributed by atoms with Gasteiger partial charge in [0.15, 0.2) is 5.13 Å². The summed E-state index contributed by atoms with van der Waals surface area (Å²) in [5.41, 5.74) is 4.35. The van der Waals surface area contributed by atoms with Crippen molar-refractivity contribution in [1.29, 1.82) is 0 Å². The van der Waals surface area contributed by atoms with Crippen molar-refractivity contribution in [3.8, 4) is 21.6 Å². The van der Waals surface area contributed by atoms with Gasteiger partial charge in [0.1, 0.15) is 5.65 Å². The highest BCUT2D eigenvalue weighted by Crippen LogP contribution is 2.33. The smallest absolute Gasteiger partial charge is 0.183 e. The summed E-state index contributed by atoms with van der Waals surface area (Å²) in [6, 6.07) is 12.8. The molecule has 1 atom stereocenters. The zero-order chi connectivity index (χ0) is 17.9. The molecule has 26 heavy (non-hydrogen) atoms. The van der Waals surface area contributed by atoms with Crippen molar-refractivity contribution in [2.75, 3.05) is 19.0 Å². The first-order valence-electron chi connectivity index (χ1n) is 8.48. The number of aromatic nitrogens is 3. The molecule has 5 nitrogen and oxygen atoms in total. The van der Waals surface area contributed by atoms with Gasteiger partial charge in [-0.3, -0.25) is 0 Å². The lowest BCUT2D eigenvalue weighted by Crippen LogP contribution is -2.20. The fourth-order valence-corrected chi connectivity index (χ4v) is 3.88. The van der Waals surface area contributed by atoms with Crippen LogP contribution in [0.15, 0.2) is 61.2 Å². The first kappa shape index (κ1) is 16.8. The van der Waals surface area contributed by atoms with E-state index in [1.165, 1.54) is 0 Å². The van der Waals surface area contributed by atoms with E-state index in [1.54, 1.807) is 18.4 Å². The van der Waals surface area contributed by atoms with Gasteiger partial charge in [-0.05, 0) is 18.6 Å². The largest absolute Gasteiger partial charge is 0.383 e. The van der Waals surface area contributed by atoms with Crippen LogP contribution in [0, 0.1) is 0 Å². The number of pyridine rings is 1. The molecule has 0 spiro atoms. The average molecular weight is 364 g/mol. The van der Waals surface area contributed by atoms with Crippen molar-refractivity contribution in [2.24, 2.45) is 0 Å². The van der Waals surface area contributed by atoms with E-state index in [4.69, 9.17) is 4.74 Å². The van der Waals surface area contributed by atoms with Gasteiger partial charge < -0.3 is 14.5 Å². The van der Waals surface area contributed by atoms with Gasteiger partial charge in [-0.25, -0.2) is 9.97 Å². The SMILES string of the molecule is COCC(C)Nc1ncc(-c2cc(-c3ccccc3)c3nccn3c2)s1. The van der Waals surface area contributed by atoms with E-state index in [9.17, 15) is 0 Å². The van der Waals surface area contributed by atoms with Crippen molar-refractivity contribution in [3.63, 3.8) is 0 Å². The first-order chi connectivity index (χ1) is 12.7. The predicted octanol–water partition coefficient (Wildman–Crippen LogP) is 4.57. The predicted molar refractivity (Wildman–Crippen MR) is 107 cm³/mol. The van der Waals surface area contributed by atoms with Crippen molar-refractivity contribution in [1.82, 2.24) is 14.4 Å². The minimum absolute atomic E-state index is 0.218. The third-order valence-electron chi connectivity index (χ3n) is 4.15. The molecule has 0 aliphatic carbocycles. The van der Waals surface area contributed by atoms with Crippen LogP contribution in [0.1, 0.15) is 6.92 Å². The number of hydrogen-bond acceptors (Lipinski definition) is 5. The number of hydrogen-bond donors (Lipinski definition) is 1. The summed E-state index contributed by atoms with van der Waals surface area (Å²) < 4.78 is 7.24. The fourth-order valence-electron chi connectivity index (χ4n) is 2.97. The van der Waals surface area contributed by atoms with Gasteiger partial charge in [0.05, 0.1) is 11.5 Å². The van der Waals surface area contributed by atoms with E-state index >= 15 is 0 Å². The van der Waals surface area contributed by atoms with Crippen LogP contribution in [0.5, 0.6) is 0 Å². The van der Waals surface area contributed by atoms with Gasteiger partial charge in [-0.15, -0.1) is 0 Å². The van der Waals surface area contributed by atoms with Crippen LogP contribution in [-0.4, -0.2) is 34.1 Å². The molecule has 0 aliphatic rings. The van der Waals surface area contributed by atoms with E-state index < -0.39 is 0 Å². The van der Waals surface area contributed by atoms with Gasteiger partial charge in [0.2, 0.25) is 0 Å². The number of imidazole rings is 1. The summed E-state index contributed by atoms with van der Waals surface area (Å²) in [5.74, 6) is 0. The minimum Gasteiger partial charge on any atom is -0.383 e. The molecule has 0 saturated heterocycles. The van der Waals surface area contributed by atoms with Gasteiger partial charge >= 0.3 is 0 Å². The number of ether oxygens (including phenoxy) is 1. The first-order valence-corrected chi connectivity index (χ1v) is 9.30. The van der Waals surface area contributed by atoms with Gasteiger partial charge in [0.25, 0.3) is 0 Å². The maximum absolute atomic E-state index is 5.18. The van der Waals surface area contributed by atoms with E-state index in [0.29, 0.717) is 6.61 Å². The zero-order valence-corrected chi connectivity index (χ0v) is 15.5. The molecule has 1 unspecified atom stereocenters. The van der Waals surface area contributed by atoms with Crippen molar-refractivity contribution in [3.05, 3.63) is 61.2 Å². The summed E-state index contributed by atoms with van der Waals surface area (Å²) in [6.45, 7) is 2.73. The molecule has 6 heteroatoms. The molecular weight excluding hydrogens is 344 g/mol. The topological polar surface area (TPSA) is 51.5 Å². The Bertz CT molecular complexity index is 1010. The molecule has 0 radical (unpaired) electrons. The molecule has 4 rings (SSSR count). The molecule has 0 amide bonds. The maximum Gasteiger partial charge on any atom is 0.183 e. The van der Waals surface area contributed by atoms with Crippen molar-refractivity contribution < 1.29 is 4.74 Å². The van der Waals surface area contributed by atoms with Crippen LogP contribution in [-0.2, 0) is 4.74 Å². The highest BCUT2D eigenvalue weighted by Gasteiger charge is 2.12. The van der Waals surface area contributed by atoms with Gasteiger partial charge in [-0.2, -0.15) is 0 Å². The van der Waals surface area contributed by atoms with Crippen LogP contribution in [0.3, 0.4) is 0 Å². The highest BCUT2D eigenvalue weighted by atomic mass is 32.1. The Morgan fingerprint density at radius 1 is 1.19 bits per heavy atom.